The fourth-order valence-electron chi connectivity index (χ4n) is 3.35. The summed E-state index contributed by atoms with van der Waals surface area (Å²) in [6, 6.07) is 10.8. The zero-order valence-electron chi connectivity index (χ0n) is 15.1. The van der Waals surface area contributed by atoms with Crippen molar-refractivity contribution in [2.24, 2.45) is 0 Å². The largest absolute Gasteiger partial charge is 0.455 e. The van der Waals surface area contributed by atoms with Gasteiger partial charge in [-0.05, 0) is 54.3 Å². The molecule has 0 aliphatic carbocycles. The van der Waals surface area contributed by atoms with Gasteiger partial charge in [-0.25, -0.2) is 0 Å². The average Bonchev–Trinajstić information content (AvgIpc) is 2.79. The Bertz CT molecular complexity index is 911. The average molecular weight is 437 g/mol. The fraction of sp³-hybridized carbons (Fsp3) is 0.250. The Morgan fingerprint density at radius 2 is 1.74 bits per heavy atom. The Balaban J connectivity index is 2.24. The zero-order chi connectivity index (χ0) is 20.0. The van der Waals surface area contributed by atoms with E-state index in [1.54, 1.807) is 13.8 Å². The highest BCUT2D eigenvalue weighted by Crippen LogP contribution is 2.41. The van der Waals surface area contributed by atoms with Gasteiger partial charge in [0.15, 0.2) is 0 Å². The maximum atomic E-state index is 12.9. The van der Waals surface area contributed by atoms with E-state index in [1.165, 1.54) is 12.1 Å². The summed E-state index contributed by atoms with van der Waals surface area (Å²) in [6.45, 7) is 3.59. The summed E-state index contributed by atoms with van der Waals surface area (Å²) >= 11 is 3.47. The van der Waals surface area contributed by atoms with Crippen LogP contribution in [0, 0.1) is 0 Å². The molecule has 27 heavy (non-hydrogen) atoms. The van der Waals surface area contributed by atoms with Crippen LogP contribution in [-0.2, 0) is 15.7 Å². The number of esters is 1. The molecule has 0 N–H and O–H groups in total. The third-order valence-corrected chi connectivity index (χ3v) is 5.01. The molecule has 2 aromatic rings. The first-order valence-electron chi connectivity index (χ1n) is 8.38. The van der Waals surface area contributed by atoms with Gasteiger partial charge in [-0.3, -0.25) is 4.79 Å². The number of hydrogen-bond acceptors (Lipinski definition) is 2. The highest BCUT2D eigenvalue weighted by molar-refractivity contribution is 9.10. The number of ether oxygens (including phenoxy) is 1. The van der Waals surface area contributed by atoms with Gasteiger partial charge >= 0.3 is 12.1 Å². The molecule has 0 bridgehead atoms. The second-order valence-corrected chi connectivity index (χ2v) is 8.02. The predicted molar refractivity (Wildman–Crippen MR) is 105 cm³/mol. The first kappa shape index (κ1) is 19.7. The molecule has 0 atom stereocenters. The number of cyclic esters (lactones) is 1. The van der Waals surface area contributed by atoms with Crippen LogP contribution in [0.4, 0.5) is 13.2 Å². The smallest absolute Gasteiger partial charge is 0.416 e. The molecule has 3 rings (SSSR count). The van der Waals surface area contributed by atoms with Gasteiger partial charge in [0.05, 0.1) is 12.0 Å². The molecule has 0 amide bonds. The van der Waals surface area contributed by atoms with Crippen LogP contribution in [0.5, 0.6) is 0 Å². The number of hydrogen-bond donors (Lipinski definition) is 0. The highest BCUT2D eigenvalue weighted by atomic mass is 79.9. The first-order chi connectivity index (χ1) is 12.5. The van der Waals surface area contributed by atoms with Gasteiger partial charge in [0.2, 0.25) is 0 Å². The summed E-state index contributed by atoms with van der Waals surface area (Å²) in [6.07, 6.45) is -4.29. The van der Waals surface area contributed by atoms with Gasteiger partial charge in [-0.2, -0.15) is 13.2 Å². The molecular weight excluding hydrogens is 420 g/mol. The lowest BCUT2D eigenvalue weighted by atomic mass is 9.83. The van der Waals surface area contributed by atoms with Crippen LogP contribution >= 0.6 is 15.9 Å². The second-order valence-electron chi connectivity index (χ2n) is 7.11. The summed E-state index contributed by atoms with van der Waals surface area (Å²) < 4.78 is 45.1. The maximum Gasteiger partial charge on any atom is 0.416 e. The van der Waals surface area contributed by atoms with E-state index < -0.39 is 17.3 Å². The van der Waals surface area contributed by atoms with Crippen molar-refractivity contribution in [2.45, 2.75) is 32.0 Å². The van der Waals surface area contributed by atoms with Gasteiger partial charge in [-0.15, -0.1) is 0 Å². The molecule has 1 fully saturated rings. The number of benzene rings is 2. The Morgan fingerprint density at radius 3 is 2.22 bits per heavy atom. The molecule has 0 radical (unpaired) electrons. The van der Waals surface area contributed by atoms with Crippen LogP contribution in [0.25, 0.3) is 5.57 Å². The van der Waals surface area contributed by atoms with Crippen LogP contribution in [0.3, 0.4) is 0 Å². The number of rotatable bonds is 2. The molecule has 2 aromatic carbocycles. The van der Waals surface area contributed by atoms with E-state index in [2.05, 4.69) is 15.9 Å². The molecule has 0 spiro atoms. The standard InChI is InChI=1S/C20H17BBrF3O2/c1-19(2)16(10-17(26)27-19)18(12-7-14(21)9-15(22)8-12)11-3-5-13(6-4-11)20(23,24)25/h3-9H,10,21H2,1-2H3/b18-16-. The lowest BCUT2D eigenvalue weighted by molar-refractivity contribution is -0.145. The lowest BCUT2D eigenvalue weighted by Gasteiger charge is -2.23. The van der Waals surface area contributed by atoms with Gasteiger partial charge < -0.3 is 4.74 Å². The minimum Gasteiger partial charge on any atom is -0.455 e. The van der Waals surface area contributed by atoms with Crippen LogP contribution in [0.1, 0.15) is 37.0 Å². The summed E-state index contributed by atoms with van der Waals surface area (Å²) in [5.74, 6) is -0.342. The maximum absolute atomic E-state index is 12.9. The molecule has 0 saturated carbocycles. The molecule has 7 heteroatoms. The number of carbonyl (C=O) groups is 1. The molecule has 2 nitrogen and oxygen atoms in total. The quantitative estimate of drug-likeness (QED) is 0.519. The fourth-order valence-corrected chi connectivity index (χ4v) is 3.96. The van der Waals surface area contributed by atoms with E-state index >= 15 is 0 Å². The van der Waals surface area contributed by atoms with Gasteiger partial charge in [0.1, 0.15) is 13.4 Å². The Hall–Kier alpha value is -2.02. The Labute approximate surface area is 165 Å². The summed E-state index contributed by atoms with van der Waals surface area (Å²) in [4.78, 5) is 11.9. The monoisotopic (exact) mass is 436 g/mol. The van der Waals surface area contributed by atoms with E-state index in [0.717, 1.165) is 38.8 Å². The third kappa shape index (κ3) is 4.13. The van der Waals surface area contributed by atoms with Crippen LogP contribution in [-0.4, -0.2) is 19.4 Å². The normalized spacial score (nSPS) is 18.4. The summed E-state index contributed by atoms with van der Waals surface area (Å²) in [7, 11) is 1.94. The number of alkyl halides is 3. The number of halogens is 4. The summed E-state index contributed by atoms with van der Waals surface area (Å²) in [5, 5.41) is 0. The highest BCUT2D eigenvalue weighted by Gasteiger charge is 2.39. The van der Waals surface area contributed by atoms with Crippen LogP contribution in [0.15, 0.2) is 52.5 Å². The molecule has 1 saturated heterocycles. The van der Waals surface area contributed by atoms with Gasteiger partial charge in [0.25, 0.3) is 0 Å². The van der Waals surface area contributed by atoms with E-state index in [4.69, 9.17) is 4.74 Å². The Morgan fingerprint density at radius 1 is 1.11 bits per heavy atom. The van der Waals surface area contributed by atoms with E-state index in [-0.39, 0.29) is 12.4 Å². The molecule has 140 valence electrons. The van der Waals surface area contributed by atoms with Gasteiger partial charge in [-0.1, -0.05) is 45.7 Å². The lowest BCUT2D eigenvalue weighted by Crippen LogP contribution is -2.22. The molecular formula is C20H17BBrF3O2. The molecule has 0 unspecified atom stereocenters. The Kier molecular flexibility index (Phi) is 5.01. The molecule has 1 aliphatic heterocycles. The first-order valence-corrected chi connectivity index (χ1v) is 9.17. The summed E-state index contributed by atoms with van der Waals surface area (Å²) in [5.41, 5.74) is 2.37. The molecule has 0 aromatic heterocycles. The van der Waals surface area contributed by atoms with E-state index in [9.17, 15) is 18.0 Å². The zero-order valence-corrected chi connectivity index (χ0v) is 16.7. The minimum absolute atomic E-state index is 0.106. The molecule has 1 heterocycles. The van der Waals surface area contributed by atoms with E-state index in [1.807, 2.05) is 26.0 Å². The van der Waals surface area contributed by atoms with Crippen molar-refractivity contribution < 1.29 is 22.7 Å². The van der Waals surface area contributed by atoms with Crippen molar-refractivity contribution in [3.63, 3.8) is 0 Å². The van der Waals surface area contributed by atoms with Crippen molar-refractivity contribution in [3.8, 4) is 0 Å². The third-order valence-electron chi connectivity index (χ3n) is 4.55. The van der Waals surface area contributed by atoms with Crippen molar-refractivity contribution in [1.29, 1.82) is 0 Å². The SMILES string of the molecule is Bc1cc(Br)cc(/C(=C2/CC(=O)OC2(C)C)c2ccc(C(F)(F)F)cc2)c1. The van der Waals surface area contributed by atoms with Crippen molar-refractivity contribution >= 4 is 40.8 Å². The second kappa shape index (κ2) is 6.86. The van der Waals surface area contributed by atoms with E-state index in [0.29, 0.717) is 5.56 Å². The molecule has 1 aliphatic rings. The van der Waals surface area contributed by atoms with Crippen molar-refractivity contribution in [1.82, 2.24) is 0 Å². The van der Waals surface area contributed by atoms with Crippen LogP contribution in [0.2, 0.25) is 0 Å². The number of carbonyl (C=O) groups excluding carboxylic acids is 1. The van der Waals surface area contributed by atoms with Crippen LogP contribution < -0.4 is 5.46 Å². The topological polar surface area (TPSA) is 26.3 Å². The minimum atomic E-state index is -4.40. The van der Waals surface area contributed by atoms with Crippen molar-refractivity contribution in [3.05, 3.63) is 69.2 Å². The van der Waals surface area contributed by atoms with Crippen molar-refractivity contribution in [2.75, 3.05) is 0 Å². The predicted octanol–water partition coefficient (Wildman–Crippen LogP) is 4.25. The van der Waals surface area contributed by atoms with Gasteiger partial charge in [0, 0.05) is 4.47 Å².